The Morgan fingerprint density at radius 2 is 1.93 bits per heavy atom. The topological polar surface area (TPSA) is 32.3 Å². The third-order valence-electron chi connectivity index (χ3n) is 2.51. The number of likely N-dealkylation sites (N-methyl/N-ethyl adjacent to an activating group) is 1. The second kappa shape index (κ2) is 7.30. The molecule has 0 rings (SSSR count). The van der Waals surface area contributed by atoms with Gasteiger partial charge in [0.1, 0.15) is 0 Å². The molecule has 0 aromatic heterocycles. The fraction of sp³-hybridized carbons (Fsp3) is 0.750. The Labute approximate surface area is 93.2 Å². The van der Waals surface area contributed by atoms with Crippen LogP contribution < -0.4 is 5.32 Å². The number of hydrogen-bond donors (Lipinski definition) is 1. The summed E-state index contributed by atoms with van der Waals surface area (Å²) in [5.74, 6) is 2.75. The van der Waals surface area contributed by atoms with Gasteiger partial charge in [0, 0.05) is 13.1 Å². The highest BCUT2D eigenvalue weighted by Gasteiger charge is 2.19. The van der Waals surface area contributed by atoms with Crippen LogP contribution in [0.5, 0.6) is 0 Å². The highest BCUT2D eigenvalue weighted by Crippen LogP contribution is 1.98. The third kappa shape index (κ3) is 4.35. The molecule has 0 bridgehead atoms. The van der Waals surface area contributed by atoms with Crippen LogP contribution in [0.3, 0.4) is 0 Å². The molecule has 2 atom stereocenters. The predicted molar refractivity (Wildman–Crippen MR) is 63.4 cm³/mol. The molecule has 86 valence electrons. The zero-order chi connectivity index (χ0) is 11.8. The molecule has 1 N–H and O–H groups in total. The predicted octanol–water partition coefficient (Wildman–Crippen LogP) is 1.24. The van der Waals surface area contributed by atoms with Gasteiger partial charge in [0.15, 0.2) is 0 Å². The van der Waals surface area contributed by atoms with Crippen molar-refractivity contribution >= 4 is 5.91 Å². The van der Waals surface area contributed by atoms with E-state index in [0.717, 1.165) is 19.5 Å². The monoisotopic (exact) mass is 210 g/mol. The summed E-state index contributed by atoms with van der Waals surface area (Å²) in [6.45, 7) is 9.31. The van der Waals surface area contributed by atoms with E-state index in [1.165, 1.54) is 0 Å². The van der Waals surface area contributed by atoms with Crippen molar-refractivity contribution in [2.24, 2.45) is 0 Å². The molecule has 3 heteroatoms. The molecule has 0 saturated heterocycles. The number of amides is 1. The quantitative estimate of drug-likeness (QED) is 0.669. The second-order valence-electron chi connectivity index (χ2n) is 3.53. The van der Waals surface area contributed by atoms with Crippen molar-refractivity contribution in [3.8, 4) is 12.3 Å². The van der Waals surface area contributed by atoms with E-state index in [0.29, 0.717) is 0 Å². The standard InChI is InChI=1S/C12H22N2O/c1-6-11(7-2)13-10(5)12(15)14(8-3)9-4/h1,10-11,13H,7-9H2,2-5H3. The first-order valence-corrected chi connectivity index (χ1v) is 5.61. The summed E-state index contributed by atoms with van der Waals surface area (Å²) >= 11 is 0. The van der Waals surface area contributed by atoms with Gasteiger partial charge < -0.3 is 4.90 Å². The van der Waals surface area contributed by atoms with Gasteiger partial charge in [-0.05, 0) is 27.2 Å². The summed E-state index contributed by atoms with van der Waals surface area (Å²) in [6, 6.07) is -0.217. The Morgan fingerprint density at radius 3 is 2.27 bits per heavy atom. The van der Waals surface area contributed by atoms with Crippen molar-refractivity contribution in [2.75, 3.05) is 13.1 Å². The lowest BCUT2D eigenvalue weighted by Crippen LogP contribution is -2.47. The first-order valence-electron chi connectivity index (χ1n) is 5.61. The van der Waals surface area contributed by atoms with Crippen LogP contribution in [0.15, 0.2) is 0 Å². The van der Waals surface area contributed by atoms with Crippen molar-refractivity contribution in [3.63, 3.8) is 0 Å². The van der Waals surface area contributed by atoms with Gasteiger partial charge in [-0.3, -0.25) is 10.1 Å². The lowest BCUT2D eigenvalue weighted by Gasteiger charge is -2.25. The van der Waals surface area contributed by atoms with Crippen LogP contribution in [0.4, 0.5) is 0 Å². The summed E-state index contributed by atoms with van der Waals surface area (Å²) in [6.07, 6.45) is 6.18. The average molecular weight is 210 g/mol. The Bertz CT molecular complexity index is 228. The number of carbonyl (C=O) groups is 1. The fourth-order valence-electron chi connectivity index (χ4n) is 1.47. The number of nitrogens with zero attached hydrogens (tertiary/aromatic N) is 1. The minimum Gasteiger partial charge on any atom is -0.342 e. The molecule has 0 aliphatic heterocycles. The zero-order valence-electron chi connectivity index (χ0n) is 10.2. The number of hydrogen-bond acceptors (Lipinski definition) is 2. The largest absolute Gasteiger partial charge is 0.342 e. The van der Waals surface area contributed by atoms with Crippen LogP contribution in [0.25, 0.3) is 0 Å². The van der Waals surface area contributed by atoms with E-state index >= 15 is 0 Å². The Hall–Kier alpha value is -1.01. The average Bonchev–Trinajstić information content (AvgIpc) is 2.26. The van der Waals surface area contributed by atoms with Crippen LogP contribution in [0.1, 0.15) is 34.1 Å². The maximum Gasteiger partial charge on any atom is 0.239 e. The van der Waals surface area contributed by atoms with Gasteiger partial charge in [0.25, 0.3) is 0 Å². The minimum absolute atomic E-state index is 0.0143. The molecule has 0 aromatic carbocycles. The molecule has 0 aliphatic rings. The van der Waals surface area contributed by atoms with E-state index in [1.54, 1.807) is 4.90 Å². The van der Waals surface area contributed by atoms with E-state index in [9.17, 15) is 4.79 Å². The van der Waals surface area contributed by atoms with Crippen LogP contribution in [-0.4, -0.2) is 36.0 Å². The number of terminal acetylenes is 1. The molecule has 15 heavy (non-hydrogen) atoms. The van der Waals surface area contributed by atoms with Crippen LogP contribution in [0, 0.1) is 12.3 Å². The summed E-state index contributed by atoms with van der Waals surface area (Å²) in [5.41, 5.74) is 0. The number of carbonyl (C=O) groups excluding carboxylic acids is 1. The van der Waals surface area contributed by atoms with Crippen molar-refractivity contribution in [1.82, 2.24) is 10.2 Å². The van der Waals surface area contributed by atoms with Crippen LogP contribution >= 0.6 is 0 Å². The summed E-state index contributed by atoms with van der Waals surface area (Å²) in [5, 5.41) is 3.14. The van der Waals surface area contributed by atoms with E-state index < -0.39 is 0 Å². The van der Waals surface area contributed by atoms with E-state index in [-0.39, 0.29) is 18.0 Å². The highest BCUT2D eigenvalue weighted by molar-refractivity contribution is 5.81. The molecule has 0 fully saturated rings. The molecule has 0 saturated carbocycles. The molecule has 2 unspecified atom stereocenters. The molecule has 0 aromatic rings. The molecule has 1 amide bonds. The number of rotatable bonds is 6. The Morgan fingerprint density at radius 1 is 1.40 bits per heavy atom. The van der Waals surface area contributed by atoms with Crippen LogP contribution in [0.2, 0.25) is 0 Å². The third-order valence-corrected chi connectivity index (χ3v) is 2.51. The molecular formula is C12H22N2O. The van der Waals surface area contributed by atoms with Gasteiger partial charge in [-0.2, -0.15) is 0 Å². The molecule has 0 heterocycles. The van der Waals surface area contributed by atoms with Gasteiger partial charge in [-0.15, -0.1) is 6.42 Å². The van der Waals surface area contributed by atoms with Crippen molar-refractivity contribution in [1.29, 1.82) is 0 Å². The second-order valence-corrected chi connectivity index (χ2v) is 3.53. The Kier molecular flexibility index (Phi) is 6.81. The van der Waals surface area contributed by atoms with E-state index in [2.05, 4.69) is 11.2 Å². The van der Waals surface area contributed by atoms with Gasteiger partial charge in [0.2, 0.25) is 5.91 Å². The smallest absolute Gasteiger partial charge is 0.239 e. The maximum atomic E-state index is 11.9. The van der Waals surface area contributed by atoms with Gasteiger partial charge >= 0.3 is 0 Å². The van der Waals surface area contributed by atoms with Crippen molar-refractivity contribution in [3.05, 3.63) is 0 Å². The molecule has 0 spiro atoms. The van der Waals surface area contributed by atoms with E-state index in [4.69, 9.17) is 6.42 Å². The zero-order valence-corrected chi connectivity index (χ0v) is 10.2. The summed E-state index contributed by atoms with van der Waals surface area (Å²) in [4.78, 5) is 13.7. The minimum atomic E-state index is -0.203. The molecular weight excluding hydrogens is 188 g/mol. The lowest BCUT2D eigenvalue weighted by molar-refractivity contribution is -0.132. The maximum absolute atomic E-state index is 11.9. The summed E-state index contributed by atoms with van der Waals surface area (Å²) in [7, 11) is 0. The molecule has 3 nitrogen and oxygen atoms in total. The van der Waals surface area contributed by atoms with Crippen molar-refractivity contribution < 1.29 is 4.79 Å². The normalized spacial score (nSPS) is 14.1. The lowest BCUT2D eigenvalue weighted by atomic mass is 10.2. The molecule has 0 aliphatic carbocycles. The highest BCUT2D eigenvalue weighted by atomic mass is 16.2. The number of nitrogens with one attached hydrogen (secondary N) is 1. The molecule has 0 radical (unpaired) electrons. The van der Waals surface area contributed by atoms with E-state index in [1.807, 2.05) is 27.7 Å². The van der Waals surface area contributed by atoms with Crippen molar-refractivity contribution in [2.45, 2.75) is 46.2 Å². The van der Waals surface area contributed by atoms with Gasteiger partial charge in [-0.25, -0.2) is 0 Å². The first-order chi connectivity index (χ1) is 7.10. The summed E-state index contributed by atoms with van der Waals surface area (Å²) < 4.78 is 0. The van der Waals surface area contributed by atoms with Gasteiger partial charge in [-0.1, -0.05) is 12.8 Å². The fourth-order valence-corrected chi connectivity index (χ4v) is 1.47. The van der Waals surface area contributed by atoms with Gasteiger partial charge in [0.05, 0.1) is 12.1 Å². The Balaban J connectivity index is 4.26. The van der Waals surface area contributed by atoms with Crippen LogP contribution in [-0.2, 0) is 4.79 Å². The first kappa shape index (κ1) is 14.0. The SMILES string of the molecule is C#CC(CC)NC(C)C(=O)N(CC)CC.